The van der Waals surface area contributed by atoms with Crippen molar-refractivity contribution in [2.75, 3.05) is 11.9 Å². The highest BCUT2D eigenvalue weighted by molar-refractivity contribution is 5.70. The first-order chi connectivity index (χ1) is 9.11. The molecule has 0 atom stereocenters. The molecule has 0 amide bonds. The van der Waals surface area contributed by atoms with Gasteiger partial charge in [0.25, 0.3) is 5.69 Å². The number of hydrogen-bond donors (Lipinski definition) is 0. The maximum absolute atomic E-state index is 10.8. The molecule has 0 unspecified atom stereocenters. The summed E-state index contributed by atoms with van der Waals surface area (Å²) in [6, 6.07) is 13.6. The Kier molecular flexibility index (Phi) is 3.39. The fraction of sp³-hybridized carbons (Fsp3) is 0.0769. The van der Waals surface area contributed by atoms with Gasteiger partial charge in [0.2, 0.25) is 5.39 Å². The molecule has 6 nitrogen and oxygen atoms in total. The van der Waals surface area contributed by atoms with Gasteiger partial charge in [0.05, 0.1) is 16.7 Å². The number of anilines is 2. The minimum Gasteiger partial charge on any atom is -0.344 e. The second kappa shape index (κ2) is 5.14. The van der Waals surface area contributed by atoms with E-state index in [2.05, 4.69) is 4.98 Å². The molecule has 0 saturated carbocycles. The molecule has 0 fully saturated rings. The lowest BCUT2D eigenvalue weighted by atomic mass is 10.2. The number of non-ortho nitro benzene ring substituents is 1. The Balaban J connectivity index is 2.48. The van der Waals surface area contributed by atoms with Gasteiger partial charge in [-0.05, 0) is 12.1 Å². The number of para-hydroxylation sites is 1. The summed E-state index contributed by atoms with van der Waals surface area (Å²) >= 11 is 0. The van der Waals surface area contributed by atoms with Crippen LogP contribution in [-0.4, -0.2) is 12.0 Å². The van der Waals surface area contributed by atoms with Gasteiger partial charge in [-0.15, -0.1) is 0 Å². The molecular weight excluding hydrogens is 244 g/mol. The highest BCUT2D eigenvalue weighted by Gasteiger charge is 2.18. The lowest BCUT2D eigenvalue weighted by Gasteiger charge is -2.18. The third-order valence-corrected chi connectivity index (χ3v) is 2.74. The molecule has 0 bridgehead atoms. The third kappa shape index (κ3) is 2.66. The fourth-order valence-corrected chi connectivity index (χ4v) is 1.74. The second-order valence-corrected chi connectivity index (χ2v) is 3.96. The number of nitrogens with zero attached hydrogens (tertiary/aromatic N) is 4. The number of nitro benzene ring substituents is 1. The fourth-order valence-electron chi connectivity index (χ4n) is 1.74. The molecule has 0 spiro atoms. The molecular formula is C13H11N4O2+. The largest absolute Gasteiger partial charge is 0.394 e. The summed E-state index contributed by atoms with van der Waals surface area (Å²) < 4.78 is 0. The topological polar surface area (TPSA) is 74.5 Å². The van der Waals surface area contributed by atoms with Crippen molar-refractivity contribution in [3.8, 4) is 0 Å². The van der Waals surface area contributed by atoms with Crippen LogP contribution in [0.25, 0.3) is 4.98 Å². The molecule has 2 aromatic rings. The smallest absolute Gasteiger partial charge is 0.344 e. The summed E-state index contributed by atoms with van der Waals surface area (Å²) in [6.45, 7) is 0. The van der Waals surface area contributed by atoms with Crippen molar-refractivity contribution in [2.24, 2.45) is 0 Å². The van der Waals surface area contributed by atoms with E-state index in [-0.39, 0.29) is 11.4 Å². The van der Waals surface area contributed by atoms with Gasteiger partial charge in [0.15, 0.2) is 4.98 Å². The molecule has 19 heavy (non-hydrogen) atoms. The summed E-state index contributed by atoms with van der Waals surface area (Å²) in [4.78, 5) is 15.1. The van der Waals surface area contributed by atoms with Crippen molar-refractivity contribution in [1.29, 1.82) is 5.39 Å². The van der Waals surface area contributed by atoms with Crippen LogP contribution in [0, 0.1) is 15.5 Å². The number of hydrogen-bond acceptors (Lipinski definition) is 4. The van der Waals surface area contributed by atoms with Crippen LogP contribution in [0.2, 0.25) is 0 Å². The molecule has 0 saturated heterocycles. The van der Waals surface area contributed by atoms with E-state index in [4.69, 9.17) is 5.39 Å². The molecule has 2 aromatic carbocycles. The van der Waals surface area contributed by atoms with E-state index < -0.39 is 4.92 Å². The van der Waals surface area contributed by atoms with Gasteiger partial charge in [-0.2, -0.15) is 0 Å². The minimum absolute atomic E-state index is 0.118. The summed E-state index contributed by atoms with van der Waals surface area (Å²) in [7, 11) is 1.79. The van der Waals surface area contributed by atoms with Crippen molar-refractivity contribution in [3.05, 3.63) is 63.6 Å². The van der Waals surface area contributed by atoms with Crippen LogP contribution in [0.3, 0.4) is 0 Å². The van der Waals surface area contributed by atoms with Crippen LogP contribution < -0.4 is 4.90 Å². The standard InChI is InChI=1S/C13H11N4O2/c1-16(11-5-3-2-4-6-11)12-7-10(15-14)8-13(9-12)17(18)19/h2-9H,1H3/q+1. The van der Waals surface area contributed by atoms with Gasteiger partial charge in [0, 0.05) is 18.8 Å². The molecule has 2 rings (SSSR count). The Morgan fingerprint density at radius 2 is 1.84 bits per heavy atom. The Morgan fingerprint density at radius 3 is 2.42 bits per heavy atom. The Labute approximate surface area is 109 Å². The number of rotatable bonds is 3. The van der Waals surface area contributed by atoms with Crippen LogP contribution in [0.1, 0.15) is 0 Å². The maximum Gasteiger partial charge on any atom is 0.394 e. The quantitative estimate of drug-likeness (QED) is 0.474. The third-order valence-electron chi connectivity index (χ3n) is 2.74. The van der Waals surface area contributed by atoms with Gasteiger partial charge >= 0.3 is 5.69 Å². The average Bonchev–Trinajstić information content (AvgIpc) is 2.46. The van der Waals surface area contributed by atoms with E-state index in [1.807, 2.05) is 30.3 Å². The molecule has 0 aliphatic heterocycles. The zero-order valence-corrected chi connectivity index (χ0v) is 10.2. The molecule has 94 valence electrons. The van der Waals surface area contributed by atoms with Crippen molar-refractivity contribution >= 4 is 22.7 Å². The lowest BCUT2D eigenvalue weighted by Crippen LogP contribution is -2.09. The summed E-state index contributed by atoms with van der Waals surface area (Å²) in [5.41, 5.74) is 1.49. The lowest BCUT2D eigenvalue weighted by molar-refractivity contribution is -0.384. The Hall–Kier alpha value is -2.94. The molecule has 0 aliphatic rings. The van der Waals surface area contributed by atoms with Crippen molar-refractivity contribution < 1.29 is 4.92 Å². The summed E-state index contributed by atoms with van der Waals surface area (Å²) in [5.74, 6) is 0. The first-order valence-corrected chi connectivity index (χ1v) is 5.55. The molecule has 0 N–H and O–H groups in total. The first kappa shape index (κ1) is 12.5. The van der Waals surface area contributed by atoms with Crippen molar-refractivity contribution in [2.45, 2.75) is 0 Å². The normalized spacial score (nSPS) is 9.68. The van der Waals surface area contributed by atoms with Crippen LogP contribution in [0.4, 0.5) is 22.7 Å². The van der Waals surface area contributed by atoms with Gasteiger partial charge in [-0.1, -0.05) is 18.2 Å². The molecule has 0 radical (unpaired) electrons. The van der Waals surface area contributed by atoms with Gasteiger partial charge < -0.3 is 4.90 Å². The number of diazo groups is 1. The zero-order valence-electron chi connectivity index (χ0n) is 10.2. The molecule has 0 heterocycles. The zero-order chi connectivity index (χ0) is 13.8. The van der Waals surface area contributed by atoms with Gasteiger partial charge in [-0.25, -0.2) is 0 Å². The molecule has 0 aromatic heterocycles. The van der Waals surface area contributed by atoms with E-state index in [1.165, 1.54) is 12.1 Å². The predicted octanol–water partition coefficient (Wildman–Crippen LogP) is 3.85. The number of benzene rings is 2. The van der Waals surface area contributed by atoms with Gasteiger partial charge in [-0.3, -0.25) is 10.1 Å². The van der Waals surface area contributed by atoms with Crippen LogP contribution in [0.5, 0.6) is 0 Å². The molecule has 6 heteroatoms. The van der Waals surface area contributed by atoms with Crippen LogP contribution >= 0.6 is 0 Å². The predicted molar refractivity (Wildman–Crippen MR) is 72.3 cm³/mol. The van der Waals surface area contributed by atoms with E-state index in [0.717, 1.165) is 5.69 Å². The van der Waals surface area contributed by atoms with Crippen LogP contribution in [-0.2, 0) is 0 Å². The second-order valence-electron chi connectivity index (χ2n) is 3.96. The van der Waals surface area contributed by atoms with Crippen LogP contribution in [0.15, 0.2) is 48.5 Å². The minimum atomic E-state index is -0.517. The summed E-state index contributed by atoms with van der Waals surface area (Å²) in [5, 5.41) is 19.6. The van der Waals surface area contributed by atoms with Crippen molar-refractivity contribution in [3.63, 3.8) is 0 Å². The summed E-state index contributed by atoms with van der Waals surface area (Å²) in [6.07, 6.45) is 0. The van der Waals surface area contributed by atoms with E-state index >= 15 is 0 Å². The average molecular weight is 255 g/mol. The highest BCUT2D eigenvalue weighted by atomic mass is 16.6. The molecule has 0 aliphatic carbocycles. The van der Waals surface area contributed by atoms with E-state index in [9.17, 15) is 10.1 Å². The highest BCUT2D eigenvalue weighted by Crippen LogP contribution is 2.31. The van der Waals surface area contributed by atoms with Crippen molar-refractivity contribution in [1.82, 2.24) is 0 Å². The maximum atomic E-state index is 10.8. The number of nitro groups is 1. The monoisotopic (exact) mass is 255 g/mol. The Bertz CT molecular complexity index is 649. The van der Waals surface area contributed by atoms with E-state index in [1.54, 1.807) is 18.0 Å². The van der Waals surface area contributed by atoms with E-state index in [0.29, 0.717) is 5.69 Å². The first-order valence-electron chi connectivity index (χ1n) is 5.55. The Morgan fingerprint density at radius 1 is 1.16 bits per heavy atom. The SMILES string of the molecule is CN(c1ccccc1)c1cc([N+]#N)cc([N+](=O)[O-])c1. The van der Waals surface area contributed by atoms with Gasteiger partial charge in [0.1, 0.15) is 6.07 Å².